The highest BCUT2D eigenvalue weighted by atomic mass is 15.1. The molecule has 69 heavy (non-hydrogen) atoms. The summed E-state index contributed by atoms with van der Waals surface area (Å²) < 4.78 is 0. The monoisotopic (exact) mass is 877 g/mol. The van der Waals surface area contributed by atoms with E-state index < -0.39 is 0 Å². The van der Waals surface area contributed by atoms with Crippen molar-refractivity contribution < 1.29 is 0 Å². The van der Waals surface area contributed by atoms with Crippen molar-refractivity contribution in [1.82, 2.24) is 0 Å². The van der Waals surface area contributed by atoms with Gasteiger partial charge in [-0.25, -0.2) is 0 Å². The smallest absolute Gasteiger partial charge is 0.0467 e. The van der Waals surface area contributed by atoms with Crippen molar-refractivity contribution in [2.24, 2.45) is 0 Å². The normalized spacial score (nSPS) is 11.2. The van der Waals surface area contributed by atoms with Gasteiger partial charge in [0.2, 0.25) is 0 Å². The zero-order valence-corrected chi connectivity index (χ0v) is 38.1. The van der Waals surface area contributed by atoms with Crippen molar-refractivity contribution in [3.05, 3.63) is 285 Å². The Hall–Kier alpha value is -9.04. The van der Waals surface area contributed by atoms with Gasteiger partial charge in [-0.2, -0.15) is 0 Å². The van der Waals surface area contributed by atoms with Gasteiger partial charge in [-0.1, -0.05) is 237 Å². The van der Waals surface area contributed by atoms with Gasteiger partial charge in [0, 0.05) is 17.1 Å². The molecule has 0 aliphatic carbocycles. The molecule has 0 bridgehead atoms. The Labute approximate surface area is 404 Å². The van der Waals surface area contributed by atoms with E-state index in [1.807, 2.05) is 0 Å². The van der Waals surface area contributed by atoms with Gasteiger partial charge >= 0.3 is 0 Å². The first-order chi connectivity index (χ1) is 34.2. The summed E-state index contributed by atoms with van der Waals surface area (Å²) in [6.45, 7) is 0. The van der Waals surface area contributed by atoms with Crippen LogP contribution >= 0.6 is 0 Å². The average molecular weight is 878 g/mol. The number of fused-ring (bicyclic) bond motifs is 3. The summed E-state index contributed by atoms with van der Waals surface area (Å²) in [7, 11) is 0. The summed E-state index contributed by atoms with van der Waals surface area (Å²) >= 11 is 0. The van der Waals surface area contributed by atoms with Crippen LogP contribution in [0.5, 0.6) is 0 Å². The molecule has 1 nitrogen and oxygen atoms in total. The molecule has 324 valence electrons. The van der Waals surface area contributed by atoms with Crippen LogP contribution in [0.2, 0.25) is 0 Å². The molecule has 0 aromatic heterocycles. The lowest BCUT2D eigenvalue weighted by Gasteiger charge is -2.26. The van der Waals surface area contributed by atoms with E-state index in [0.717, 1.165) is 22.6 Å². The lowest BCUT2D eigenvalue weighted by Crippen LogP contribution is -2.10. The maximum atomic E-state index is 2.40. The minimum Gasteiger partial charge on any atom is -0.310 e. The van der Waals surface area contributed by atoms with Crippen molar-refractivity contribution in [1.29, 1.82) is 0 Å². The number of anilines is 3. The molecule has 0 fully saturated rings. The molecule has 0 atom stereocenters. The summed E-state index contributed by atoms with van der Waals surface area (Å²) in [4.78, 5) is 2.38. The summed E-state index contributed by atoms with van der Waals surface area (Å²) in [5.41, 5.74) is 20.1. The highest BCUT2D eigenvalue weighted by molar-refractivity contribution is 6.22. The Bertz CT molecular complexity index is 3720. The van der Waals surface area contributed by atoms with Gasteiger partial charge in [0.05, 0.1) is 0 Å². The molecule has 12 rings (SSSR count). The van der Waals surface area contributed by atoms with E-state index in [-0.39, 0.29) is 0 Å². The summed E-state index contributed by atoms with van der Waals surface area (Å²) in [6, 6.07) is 104. The number of hydrogen-bond donors (Lipinski definition) is 0. The molecular weight excluding hydrogens is 831 g/mol. The van der Waals surface area contributed by atoms with Crippen LogP contribution in [-0.2, 0) is 0 Å². The molecule has 1 heteroatoms. The van der Waals surface area contributed by atoms with Gasteiger partial charge in [0.15, 0.2) is 0 Å². The lowest BCUT2D eigenvalue weighted by molar-refractivity contribution is 1.28. The van der Waals surface area contributed by atoms with Gasteiger partial charge in [-0.3, -0.25) is 0 Å². The first-order valence-electron chi connectivity index (χ1n) is 23.7. The molecule has 0 unspecified atom stereocenters. The van der Waals surface area contributed by atoms with Gasteiger partial charge in [0.25, 0.3) is 0 Å². The lowest BCUT2D eigenvalue weighted by atomic mass is 9.84. The number of benzene rings is 12. The number of rotatable bonds is 10. The fraction of sp³-hybridized carbons (Fsp3) is 0. The van der Waals surface area contributed by atoms with Crippen LogP contribution in [0.25, 0.3) is 99.4 Å². The van der Waals surface area contributed by atoms with E-state index in [2.05, 4.69) is 290 Å². The molecule has 0 radical (unpaired) electrons. The topological polar surface area (TPSA) is 3.24 Å². The molecule has 12 aromatic rings. The van der Waals surface area contributed by atoms with Crippen LogP contribution in [0.4, 0.5) is 17.1 Å². The predicted molar refractivity (Wildman–Crippen MR) is 294 cm³/mol. The van der Waals surface area contributed by atoms with Gasteiger partial charge in [-0.05, 0) is 148 Å². The highest BCUT2D eigenvalue weighted by Gasteiger charge is 2.20. The first kappa shape index (κ1) is 41.4. The SMILES string of the molecule is c1ccc(-c2cccc(N(c3ccc(-c4ccc5c(c4)c(-c4ccccc4)c(-c4ccccc4)c4ccccc45)cc3)c3ccc(-c4ccc(-c5ccccc5)cc4-c4ccccc4)cc3)c2)cc1. The Balaban J connectivity index is 0.968. The van der Waals surface area contributed by atoms with Gasteiger partial charge < -0.3 is 4.90 Å². The summed E-state index contributed by atoms with van der Waals surface area (Å²) in [6.07, 6.45) is 0. The number of nitrogens with zero attached hydrogens (tertiary/aromatic N) is 1. The van der Waals surface area contributed by atoms with Crippen LogP contribution < -0.4 is 4.90 Å². The minimum absolute atomic E-state index is 1.08. The van der Waals surface area contributed by atoms with Crippen LogP contribution in [0.3, 0.4) is 0 Å². The zero-order valence-electron chi connectivity index (χ0n) is 38.1. The second-order valence-electron chi connectivity index (χ2n) is 17.6. The van der Waals surface area contributed by atoms with E-state index in [9.17, 15) is 0 Å². The van der Waals surface area contributed by atoms with Crippen molar-refractivity contribution in [2.45, 2.75) is 0 Å². The highest BCUT2D eigenvalue weighted by Crippen LogP contribution is 2.46. The third kappa shape index (κ3) is 8.07. The van der Waals surface area contributed by atoms with Crippen molar-refractivity contribution in [3.63, 3.8) is 0 Å². The van der Waals surface area contributed by atoms with E-state index in [1.165, 1.54) is 93.9 Å². The molecule has 0 saturated carbocycles. The Morgan fingerprint density at radius 2 is 0.551 bits per heavy atom. The molecule has 0 aliphatic rings. The number of hydrogen-bond acceptors (Lipinski definition) is 1. The molecule has 0 heterocycles. The minimum atomic E-state index is 1.08. The van der Waals surface area contributed by atoms with Crippen LogP contribution in [0.15, 0.2) is 285 Å². The molecule has 0 N–H and O–H groups in total. The average Bonchev–Trinajstić information content (AvgIpc) is 3.44. The van der Waals surface area contributed by atoms with Crippen molar-refractivity contribution in [3.8, 4) is 77.9 Å². The van der Waals surface area contributed by atoms with E-state index in [4.69, 9.17) is 0 Å². The second kappa shape index (κ2) is 18.3. The summed E-state index contributed by atoms with van der Waals surface area (Å²) in [5, 5.41) is 5.01. The maximum Gasteiger partial charge on any atom is 0.0467 e. The van der Waals surface area contributed by atoms with E-state index in [1.54, 1.807) is 0 Å². The largest absolute Gasteiger partial charge is 0.310 e. The second-order valence-corrected chi connectivity index (χ2v) is 17.6. The molecule has 12 aromatic carbocycles. The van der Waals surface area contributed by atoms with Gasteiger partial charge in [-0.15, -0.1) is 0 Å². The molecule has 0 spiro atoms. The Morgan fingerprint density at radius 1 is 0.174 bits per heavy atom. The van der Waals surface area contributed by atoms with Gasteiger partial charge in [0.1, 0.15) is 0 Å². The summed E-state index contributed by atoms with van der Waals surface area (Å²) in [5.74, 6) is 0. The zero-order chi connectivity index (χ0) is 45.9. The fourth-order valence-electron chi connectivity index (χ4n) is 10.1. The predicted octanol–water partition coefficient (Wildman–Crippen LogP) is 19.1. The standard InChI is InChI=1S/C68H47N/c1-6-19-48(20-7-1)55-29-18-30-60(45-55)69(59-41-35-52(36-42-59)61-43-37-56(49-21-8-2-9-22-49)46-65(61)51-23-10-3-11-24-51)58-39-33-50(34-40-58)57-38-44-63-62-31-16-17-32-64(62)67(53-25-12-4-13-26-53)68(66(63)47-57)54-27-14-5-15-28-54/h1-47H. The van der Waals surface area contributed by atoms with Crippen molar-refractivity contribution >= 4 is 38.6 Å². The van der Waals surface area contributed by atoms with Crippen LogP contribution in [0.1, 0.15) is 0 Å². The van der Waals surface area contributed by atoms with E-state index >= 15 is 0 Å². The van der Waals surface area contributed by atoms with Crippen LogP contribution in [-0.4, -0.2) is 0 Å². The quantitative estimate of drug-likeness (QED) is 0.124. The first-order valence-corrected chi connectivity index (χ1v) is 23.7. The Kier molecular flexibility index (Phi) is 11.0. The fourth-order valence-corrected chi connectivity index (χ4v) is 10.1. The van der Waals surface area contributed by atoms with Crippen LogP contribution in [0, 0.1) is 0 Å². The molecular formula is C68H47N. The maximum absolute atomic E-state index is 2.40. The van der Waals surface area contributed by atoms with Crippen molar-refractivity contribution in [2.75, 3.05) is 4.90 Å². The third-order valence-corrected chi connectivity index (χ3v) is 13.5. The molecule has 0 saturated heterocycles. The third-order valence-electron chi connectivity index (χ3n) is 13.5. The molecule has 0 amide bonds. The molecule has 0 aliphatic heterocycles. The Morgan fingerprint density at radius 3 is 1.13 bits per heavy atom. The van der Waals surface area contributed by atoms with E-state index in [0.29, 0.717) is 0 Å².